The number of esters is 1. The monoisotopic (exact) mass is 440 g/mol. The second-order valence-corrected chi connectivity index (χ2v) is 7.42. The minimum atomic E-state index is -0.357. The molecule has 2 aromatic heterocycles. The predicted molar refractivity (Wildman–Crippen MR) is 127 cm³/mol. The van der Waals surface area contributed by atoms with Crippen molar-refractivity contribution >= 4 is 34.0 Å². The lowest BCUT2D eigenvalue weighted by molar-refractivity contribution is -0.142. The van der Waals surface area contributed by atoms with Crippen molar-refractivity contribution < 1.29 is 14.3 Å². The van der Waals surface area contributed by atoms with Crippen molar-refractivity contribution in [1.29, 1.82) is 0 Å². The summed E-state index contributed by atoms with van der Waals surface area (Å²) in [5.74, 6) is -0.677. The van der Waals surface area contributed by atoms with Gasteiger partial charge in [-0.3, -0.25) is 24.5 Å². The van der Waals surface area contributed by atoms with E-state index in [0.717, 1.165) is 16.3 Å². The third-order valence-corrected chi connectivity index (χ3v) is 5.22. The molecule has 2 N–H and O–H groups in total. The summed E-state index contributed by atoms with van der Waals surface area (Å²) in [4.78, 5) is 36.2. The van der Waals surface area contributed by atoms with Gasteiger partial charge in [-0.25, -0.2) is 0 Å². The van der Waals surface area contributed by atoms with Crippen molar-refractivity contribution in [2.24, 2.45) is 5.73 Å². The second-order valence-electron chi connectivity index (χ2n) is 7.42. The Bertz CT molecular complexity index is 1310. The number of aromatic nitrogens is 2. The van der Waals surface area contributed by atoms with Crippen LogP contribution in [0.1, 0.15) is 28.5 Å². The van der Waals surface area contributed by atoms with Gasteiger partial charge in [-0.1, -0.05) is 30.3 Å². The molecule has 0 radical (unpaired) electrons. The number of nitrogens with zero attached hydrogens (tertiary/aromatic N) is 3. The molecular formula is C26H24N4O3. The average Bonchev–Trinajstić information content (AvgIpc) is 2.85. The van der Waals surface area contributed by atoms with Gasteiger partial charge in [0.25, 0.3) is 5.91 Å². The Hall–Kier alpha value is -4.10. The Labute approximate surface area is 191 Å². The molecule has 33 heavy (non-hydrogen) atoms. The van der Waals surface area contributed by atoms with Crippen LogP contribution in [0.4, 0.5) is 11.4 Å². The van der Waals surface area contributed by atoms with Gasteiger partial charge in [-0.2, -0.15) is 0 Å². The molecule has 0 bridgehead atoms. The summed E-state index contributed by atoms with van der Waals surface area (Å²) in [6.07, 6.45) is 5.05. The molecule has 0 aliphatic heterocycles. The molecule has 0 aliphatic rings. The minimum Gasteiger partial charge on any atom is -0.466 e. The zero-order valence-electron chi connectivity index (χ0n) is 18.3. The maximum Gasteiger partial charge on any atom is 0.310 e. The number of hydrogen-bond donors (Lipinski definition) is 1. The van der Waals surface area contributed by atoms with Gasteiger partial charge in [-0.05, 0) is 53.8 Å². The summed E-state index contributed by atoms with van der Waals surface area (Å²) in [5.41, 5.74) is 8.90. The van der Waals surface area contributed by atoms with Crippen LogP contribution in [0.2, 0.25) is 0 Å². The second kappa shape index (κ2) is 10.0. The molecule has 7 heteroatoms. The molecule has 0 atom stereocenters. The van der Waals surface area contributed by atoms with Crippen LogP contribution in [-0.2, 0) is 22.5 Å². The van der Waals surface area contributed by atoms with Gasteiger partial charge in [0.1, 0.15) is 5.69 Å². The van der Waals surface area contributed by atoms with E-state index in [1.54, 1.807) is 36.5 Å². The van der Waals surface area contributed by atoms with Crippen molar-refractivity contribution in [3.63, 3.8) is 0 Å². The number of carbonyl (C=O) groups is 2. The molecule has 2 aromatic carbocycles. The van der Waals surface area contributed by atoms with E-state index >= 15 is 0 Å². The smallest absolute Gasteiger partial charge is 0.310 e. The molecule has 0 spiro atoms. The largest absolute Gasteiger partial charge is 0.466 e. The van der Waals surface area contributed by atoms with Gasteiger partial charge in [-0.15, -0.1) is 0 Å². The average molecular weight is 441 g/mol. The zero-order valence-corrected chi connectivity index (χ0v) is 18.3. The van der Waals surface area contributed by atoms with E-state index in [1.165, 1.54) is 0 Å². The van der Waals surface area contributed by atoms with Crippen LogP contribution in [0.15, 0.2) is 79.3 Å². The standard InChI is InChI=1S/C26H24N4O3/c1-2-33-25(31)14-20-7-3-4-9-24(20)30(22-8-5-6-18(12-22)15-27)26(32)23-13-19-10-11-28-16-21(19)17-29-23/h3-13,16-17H,2,14-15,27H2,1H3. The van der Waals surface area contributed by atoms with Crippen LogP contribution in [-0.4, -0.2) is 28.5 Å². The van der Waals surface area contributed by atoms with E-state index in [-0.39, 0.29) is 30.6 Å². The zero-order chi connectivity index (χ0) is 23.2. The number of ether oxygens (including phenoxy) is 1. The summed E-state index contributed by atoms with van der Waals surface area (Å²) in [5, 5.41) is 1.70. The molecule has 4 rings (SSSR count). The number of hydrogen-bond acceptors (Lipinski definition) is 6. The van der Waals surface area contributed by atoms with Gasteiger partial charge in [0.05, 0.1) is 18.7 Å². The van der Waals surface area contributed by atoms with Gasteiger partial charge in [0.2, 0.25) is 0 Å². The number of anilines is 2. The SMILES string of the molecule is CCOC(=O)Cc1ccccc1N(C(=O)c1cc2ccncc2cn1)c1cccc(CN)c1. The fourth-order valence-corrected chi connectivity index (χ4v) is 3.65. The molecule has 0 fully saturated rings. The van der Waals surface area contributed by atoms with Crippen molar-refractivity contribution in [3.8, 4) is 0 Å². The number of carbonyl (C=O) groups excluding carboxylic acids is 2. The van der Waals surface area contributed by atoms with Crippen LogP contribution >= 0.6 is 0 Å². The van der Waals surface area contributed by atoms with Crippen molar-refractivity contribution in [1.82, 2.24) is 9.97 Å². The summed E-state index contributed by atoms with van der Waals surface area (Å²) in [7, 11) is 0. The number of nitrogens with two attached hydrogens (primary N) is 1. The number of benzene rings is 2. The first-order valence-electron chi connectivity index (χ1n) is 10.7. The van der Waals surface area contributed by atoms with E-state index in [2.05, 4.69) is 9.97 Å². The fourth-order valence-electron chi connectivity index (χ4n) is 3.65. The topological polar surface area (TPSA) is 98.4 Å². The van der Waals surface area contributed by atoms with Gasteiger partial charge < -0.3 is 10.5 Å². The van der Waals surface area contributed by atoms with Crippen LogP contribution in [0.5, 0.6) is 0 Å². The maximum atomic E-state index is 13.9. The summed E-state index contributed by atoms with van der Waals surface area (Å²) in [6, 6.07) is 18.3. The number of para-hydroxylation sites is 1. The van der Waals surface area contributed by atoms with Crippen LogP contribution in [0, 0.1) is 0 Å². The lowest BCUT2D eigenvalue weighted by atomic mass is 10.1. The highest BCUT2D eigenvalue weighted by molar-refractivity contribution is 6.11. The molecule has 0 saturated carbocycles. The third-order valence-electron chi connectivity index (χ3n) is 5.22. The number of rotatable bonds is 7. The highest BCUT2D eigenvalue weighted by Crippen LogP contribution is 2.32. The van der Waals surface area contributed by atoms with E-state index in [4.69, 9.17) is 10.5 Å². The minimum absolute atomic E-state index is 0.0428. The Morgan fingerprint density at radius 1 is 1.00 bits per heavy atom. The van der Waals surface area contributed by atoms with Crippen molar-refractivity contribution in [3.05, 3.63) is 96.1 Å². The quantitative estimate of drug-likeness (QED) is 0.433. The highest BCUT2D eigenvalue weighted by atomic mass is 16.5. The van der Waals surface area contributed by atoms with Crippen LogP contribution in [0.3, 0.4) is 0 Å². The normalized spacial score (nSPS) is 10.7. The van der Waals surface area contributed by atoms with Gasteiger partial charge in [0.15, 0.2) is 0 Å². The fraction of sp³-hybridized carbons (Fsp3) is 0.154. The molecule has 0 saturated heterocycles. The lowest BCUT2D eigenvalue weighted by Gasteiger charge is -2.25. The molecule has 0 unspecified atom stereocenters. The van der Waals surface area contributed by atoms with E-state index in [1.807, 2.05) is 54.6 Å². The highest BCUT2D eigenvalue weighted by Gasteiger charge is 2.24. The molecule has 4 aromatic rings. The van der Waals surface area contributed by atoms with Gasteiger partial charge >= 0.3 is 5.97 Å². The molecule has 0 aliphatic carbocycles. The summed E-state index contributed by atoms with van der Waals surface area (Å²) < 4.78 is 5.14. The molecule has 1 amide bonds. The van der Waals surface area contributed by atoms with Crippen LogP contribution in [0.25, 0.3) is 10.8 Å². The molecule has 166 valence electrons. The summed E-state index contributed by atoms with van der Waals surface area (Å²) >= 11 is 0. The van der Waals surface area contributed by atoms with Crippen LogP contribution < -0.4 is 10.6 Å². The first-order valence-corrected chi connectivity index (χ1v) is 10.7. The van der Waals surface area contributed by atoms with E-state index in [0.29, 0.717) is 23.5 Å². The lowest BCUT2D eigenvalue weighted by Crippen LogP contribution is -2.28. The third kappa shape index (κ3) is 4.88. The predicted octanol–water partition coefficient (Wildman–Crippen LogP) is 4.17. The Morgan fingerprint density at radius 2 is 1.85 bits per heavy atom. The number of fused-ring (bicyclic) bond motifs is 1. The maximum absolute atomic E-state index is 13.9. The first-order chi connectivity index (χ1) is 16.1. The van der Waals surface area contributed by atoms with Crippen molar-refractivity contribution in [2.75, 3.05) is 11.5 Å². The Kier molecular flexibility index (Phi) is 6.71. The van der Waals surface area contributed by atoms with Gasteiger partial charge in [0, 0.05) is 36.2 Å². The molecule has 7 nitrogen and oxygen atoms in total. The van der Waals surface area contributed by atoms with E-state index in [9.17, 15) is 9.59 Å². The Balaban J connectivity index is 1.84. The van der Waals surface area contributed by atoms with Crippen molar-refractivity contribution in [2.45, 2.75) is 19.9 Å². The first kappa shape index (κ1) is 22.1. The molecule has 2 heterocycles. The Morgan fingerprint density at radius 3 is 2.67 bits per heavy atom. The number of amides is 1. The summed E-state index contributed by atoms with van der Waals surface area (Å²) in [6.45, 7) is 2.39. The van der Waals surface area contributed by atoms with E-state index < -0.39 is 0 Å². The number of pyridine rings is 2. The molecular weight excluding hydrogens is 416 g/mol.